The minimum Gasteiger partial charge on any atom is -0.349 e. The van der Waals surface area contributed by atoms with Crippen molar-refractivity contribution >= 4 is 11.8 Å². The van der Waals surface area contributed by atoms with Crippen LogP contribution in [-0.4, -0.2) is 40.8 Å². The predicted octanol–water partition coefficient (Wildman–Crippen LogP) is 2.09. The number of nitrogens with one attached hydrogen (secondary N) is 1. The second-order valence-electron chi connectivity index (χ2n) is 6.69. The number of aromatic nitrogens is 1. The van der Waals surface area contributed by atoms with Gasteiger partial charge in [0.05, 0.1) is 11.3 Å². The fourth-order valence-electron chi connectivity index (χ4n) is 3.58. The molecule has 1 N–H and O–H groups in total. The summed E-state index contributed by atoms with van der Waals surface area (Å²) >= 11 is 0. The maximum atomic E-state index is 13.3. The normalized spacial score (nSPS) is 23.9. The number of hydrogen-bond acceptors (Lipinski definition) is 3. The van der Waals surface area contributed by atoms with E-state index in [1.165, 1.54) is 18.3 Å². The number of nitrogens with zero attached hydrogens (tertiary/aromatic N) is 2. The van der Waals surface area contributed by atoms with Crippen LogP contribution in [0.2, 0.25) is 0 Å². The Labute approximate surface area is 144 Å². The lowest BCUT2D eigenvalue weighted by molar-refractivity contribution is -0.128. The Hall–Kier alpha value is -2.76. The molecule has 2 aromatic rings. The van der Waals surface area contributed by atoms with Gasteiger partial charge in [0.25, 0.3) is 5.91 Å². The molecule has 3 atom stereocenters. The van der Waals surface area contributed by atoms with Gasteiger partial charge in [-0.25, -0.2) is 4.39 Å². The molecular weight excluding hydrogens is 321 g/mol. The highest BCUT2D eigenvalue weighted by Gasteiger charge is 2.57. The van der Waals surface area contributed by atoms with Crippen molar-refractivity contribution in [2.45, 2.75) is 13.0 Å². The summed E-state index contributed by atoms with van der Waals surface area (Å²) in [4.78, 5) is 29.8. The van der Waals surface area contributed by atoms with Crippen molar-refractivity contribution < 1.29 is 14.0 Å². The largest absolute Gasteiger partial charge is 0.349 e. The first-order valence-corrected chi connectivity index (χ1v) is 8.31. The average Bonchev–Trinajstić information content (AvgIpc) is 3.04. The average molecular weight is 339 g/mol. The third-order valence-electron chi connectivity index (χ3n) is 5.08. The Morgan fingerprint density at radius 2 is 1.96 bits per heavy atom. The summed E-state index contributed by atoms with van der Waals surface area (Å²) in [6.07, 6.45) is 1.51. The monoisotopic (exact) mass is 339 g/mol. The summed E-state index contributed by atoms with van der Waals surface area (Å²) in [5.41, 5.74) is 1.78. The van der Waals surface area contributed by atoms with Crippen LogP contribution in [-0.2, 0) is 4.79 Å². The lowest BCUT2D eigenvalue weighted by Gasteiger charge is -2.18. The fourth-order valence-corrected chi connectivity index (χ4v) is 3.58. The quantitative estimate of drug-likeness (QED) is 0.931. The van der Waals surface area contributed by atoms with E-state index in [0.717, 1.165) is 13.1 Å². The van der Waals surface area contributed by atoms with Gasteiger partial charge >= 0.3 is 0 Å². The van der Waals surface area contributed by atoms with Crippen LogP contribution in [0.1, 0.15) is 17.3 Å². The molecule has 25 heavy (non-hydrogen) atoms. The van der Waals surface area contributed by atoms with Gasteiger partial charge in [-0.05, 0) is 24.3 Å². The molecule has 128 valence electrons. The van der Waals surface area contributed by atoms with Crippen LogP contribution in [0.4, 0.5) is 4.39 Å². The van der Waals surface area contributed by atoms with Gasteiger partial charge in [0, 0.05) is 49.7 Å². The van der Waals surface area contributed by atoms with E-state index < -0.39 is 0 Å². The highest BCUT2D eigenvalue weighted by molar-refractivity contribution is 5.94. The first-order valence-electron chi connectivity index (χ1n) is 8.31. The smallest absolute Gasteiger partial charge is 0.253 e. The van der Waals surface area contributed by atoms with Crippen molar-refractivity contribution in [3.8, 4) is 11.3 Å². The molecule has 1 aromatic heterocycles. The molecule has 0 spiro atoms. The van der Waals surface area contributed by atoms with Gasteiger partial charge in [-0.3, -0.25) is 14.6 Å². The number of benzene rings is 1. The highest BCUT2D eigenvalue weighted by atomic mass is 19.1. The number of amides is 2. The van der Waals surface area contributed by atoms with E-state index in [4.69, 9.17) is 0 Å². The summed E-state index contributed by atoms with van der Waals surface area (Å²) < 4.78 is 13.3. The number of hydrogen-bond donors (Lipinski definition) is 1. The predicted molar refractivity (Wildman–Crippen MR) is 90.1 cm³/mol. The Kier molecular flexibility index (Phi) is 3.75. The summed E-state index contributed by atoms with van der Waals surface area (Å²) in [6, 6.07) is 9.75. The van der Waals surface area contributed by atoms with Crippen molar-refractivity contribution in [2.75, 3.05) is 13.1 Å². The van der Waals surface area contributed by atoms with Crippen LogP contribution in [0.3, 0.4) is 0 Å². The molecule has 2 heterocycles. The maximum Gasteiger partial charge on any atom is 0.253 e. The topological polar surface area (TPSA) is 62.3 Å². The van der Waals surface area contributed by atoms with E-state index >= 15 is 0 Å². The molecule has 5 nitrogen and oxygen atoms in total. The van der Waals surface area contributed by atoms with Gasteiger partial charge < -0.3 is 10.2 Å². The van der Waals surface area contributed by atoms with E-state index in [-0.39, 0.29) is 23.7 Å². The van der Waals surface area contributed by atoms with Gasteiger partial charge in [-0.2, -0.15) is 0 Å². The summed E-state index contributed by atoms with van der Waals surface area (Å²) in [5, 5.41) is 3.02. The van der Waals surface area contributed by atoms with Crippen LogP contribution < -0.4 is 5.32 Å². The van der Waals surface area contributed by atoms with Crippen molar-refractivity contribution in [3.05, 3.63) is 54.0 Å². The number of piperidine rings is 1. The van der Waals surface area contributed by atoms with Crippen LogP contribution >= 0.6 is 0 Å². The Morgan fingerprint density at radius 3 is 2.56 bits per heavy atom. The molecule has 2 aliphatic rings. The molecule has 0 bridgehead atoms. The number of fused-ring (bicyclic) bond motifs is 1. The van der Waals surface area contributed by atoms with Crippen molar-refractivity contribution in [2.24, 2.45) is 11.8 Å². The Balaban J connectivity index is 1.38. The molecule has 1 aliphatic carbocycles. The number of halogens is 1. The van der Waals surface area contributed by atoms with E-state index in [0.29, 0.717) is 28.7 Å². The third-order valence-corrected chi connectivity index (χ3v) is 5.08. The zero-order valence-electron chi connectivity index (χ0n) is 13.8. The van der Waals surface area contributed by atoms with Crippen LogP contribution in [0.25, 0.3) is 11.3 Å². The molecule has 1 saturated carbocycles. The molecule has 1 saturated heterocycles. The summed E-state index contributed by atoms with van der Waals surface area (Å²) in [7, 11) is 0. The minimum absolute atomic E-state index is 0.0921. The zero-order chi connectivity index (χ0) is 17.6. The number of carbonyl (C=O) groups excluding carboxylic acids is 2. The lowest BCUT2D eigenvalue weighted by Crippen LogP contribution is -2.36. The number of rotatable bonds is 3. The van der Waals surface area contributed by atoms with Crippen molar-refractivity contribution in [3.63, 3.8) is 0 Å². The molecule has 1 aromatic carbocycles. The molecule has 1 aliphatic heterocycles. The molecule has 2 fully saturated rings. The van der Waals surface area contributed by atoms with Gasteiger partial charge in [0.2, 0.25) is 5.91 Å². The van der Waals surface area contributed by atoms with E-state index in [9.17, 15) is 14.0 Å². The molecule has 0 unspecified atom stereocenters. The van der Waals surface area contributed by atoms with Crippen molar-refractivity contribution in [1.29, 1.82) is 0 Å². The Bertz CT molecular complexity index is 825. The first kappa shape index (κ1) is 15.7. The van der Waals surface area contributed by atoms with Crippen molar-refractivity contribution in [1.82, 2.24) is 15.2 Å². The number of likely N-dealkylation sites (tertiary alicyclic amines) is 1. The second kappa shape index (κ2) is 5.95. The standard InChI is InChI=1S/C19H18FN3O2/c1-11(24)23-9-15-16(10-23)18(15)22-19(25)13-5-6-17(21-8-13)12-3-2-4-14(20)7-12/h2-8,15-16,18H,9-10H2,1H3,(H,22,25)/t15-,16+,18+. The number of carbonyl (C=O) groups is 2. The first-order chi connectivity index (χ1) is 12.0. The van der Waals surface area contributed by atoms with E-state index in [2.05, 4.69) is 10.3 Å². The highest BCUT2D eigenvalue weighted by Crippen LogP contribution is 2.45. The third kappa shape index (κ3) is 2.99. The molecular formula is C19H18FN3O2. The van der Waals surface area contributed by atoms with Gasteiger partial charge in [-0.15, -0.1) is 0 Å². The van der Waals surface area contributed by atoms with E-state index in [1.807, 2.05) is 4.90 Å². The SMILES string of the molecule is CC(=O)N1C[C@@H]2[C@H](C1)[C@H]2NC(=O)c1ccc(-c2cccc(F)c2)nc1. The Morgan fingerprint density at radius 1 is 1.20 bits per heavy atom. The van der Waals surface area contributed by atoms with E-state index in [1.54, 1.807) is 31.2 Å². The van der Waals surface area contributed by atoms with Gasteiger partial charge in [-0.1, -0.05) is 12.1 Å². The summed E-state index contributed by atoms with van der Waals surface area (Å²) in [5.74, 6) is 0.349. The van der Waals surface area contributed by atoms with Gasteiger partial charge in [0.1, 0.15) is 5.82 Å². The maximum absolute atomic E-state index is 13.3. The lowest BCUT2D eigenvalue weighted by atomic mass is 10.1. The second-order valence-corrected chi connectivity index (χ2v) is 6.69. The van der Waals surface area contributed by atoms with Crippen LogP contribution in [0.15, 0.2) is 42.6 Å². The summed E-state index contributed by atoms with van der Waals surface area (Å²) in [6.45, 7) is 3.02. The minimum atomic E-state index is -0.319. The number of pyridine rings is 1. The zero-order valence-corrected chi connectivity index (χ0v) is 13.8. The van der Waals surface area contributed by atoms with Crippen LogP contribution in [0, 0.1) is 17.7 Å². The molecule has 4 rings (SSSR count). The van der Waals surface area contributed by atoms with Gasteiger partial charge in [0.15, 0.2) is 0 Å². The van der Waals surface area contributed by atoms with Crippen LogP contribution in [0.5, 0.6) is 0 Å². The fraction of sp³-hybridized carbons (Fsp3) is 0.316. The molecule has 2 amide bonds. The molecule has 0 radical (unpaired) electrons. The molecule has 6 heteroatoms.